The van der Waals surface area contributed by atoms with Crippen LogP contribution in [0.4, 0.5) is 0 Å². The fraction of sp³-hybridized carbons (Fsp3) is 0. The number of aromatic nitrogens is 2. The highest BCUT2D eigenvalue weighted by molar-refractivity contribution is 6.32. The first kappa shape index (κ1) is 25.5. The van der Waals surface area contributed by atoms with E-state index >= 15 is 0 Å². The molecule has 0 fully saturated rings. The minimum Gasteiger partial charge on any atom is -0.455 e. The van der Waals surface area contributed by atoms with Gasteiger partial charge in [-0.2, -0.15) is 0 Å². The number of rotatable bonds is 2. The second kappa shape index (κ2) is 9.06. The summed E-state index contributed by atoms with van der Waals surface area (Å²) >= 11 is 0. The molecule has 0 spiro atoms. The molecule has 0 amide bonds. The molecule has 0 saturated carbocycles. The lowest BCUT2D eigenvalue weighted by molar-refractivity contribution is 0.673. The van der Waals surface area contributed by atoms with Gasteiger partial charge in [0.15, 0.2) is 0 Å². The van der Waals surface area contributed by atoms with Gasteiger partial charge >= 0.3 is 0 Å². The van der Waals surface area contributed by atoms with Crippen molar-refractivity contribution in [2.24, 2.45) is 0 Å². The third-order valence-electron chi connectivity index (χ3n) is 10.8. The summed E-state index contributed by atoms with van der Waals surface area (Å²) in [7, 11) is 0. The molecule has 1 aliphatic rings. The fourth-order valence-electron chi connectivity index (χ4n) is 8.87. The van der Waals surface area contributed by atoms with E-state index in [1.807, 2.05) is 0 Å². The maximum atomic E-state index is 6.81. The zero-order chi connectivity index (χ0) is 31.8. The number of furan rings is 1. The van der Waals surface area contributed by atoms with Crippen LogP contribution in [0.3, 0.4) is 0 Å². The summed E-state index contributed by atoms with van der Waals surface area (Å²) in [6, 6.07) is 57.4. The third-order valence-corrected chi connectivity index (χ3v) is 10.8. The zero-order valence-electron chi connectivity index (χ0n) is 26.3. The molecule has 3 aromatic heterocycles. The van der Waals surface area contributed by atoms with Crippen LogP contribution in [0, 0.1) is 0 Å². The lowest BCUT2D eigenvalue weighted by Gasteiger charge is -2.13. The minimum atomic E-state index is 0.908. The van der Waals surface area contributed by atoms with Crippen molar-refractivity contribution in [3.8, 4) is 33.6 Å². The highest BCUT2D eigenvalue weighted by Gasteiger charge is 2.26. The SMILES string of the molecule is c1ccc(-n2c3ccc4c5ccccc5oc4c3c3c2ccc2c4ccccc4n(-c4cc5c6c(cccc6c4)-c4ccccc4-5)c23)cc1. The summed E-state index contributed by atoms with van der Waals surface area (Å²) in [6.45, 7) is 0. The molecular weight excluding hydrogens is 597 g/mol. The summed E-state index contributed by atoms with van der Waals surface area (Å²) in [5.74, 6) is 0. The Kier molecular flexibility index (Phi) is 4.72. The molecule has 0 unspecified atom stereocenters. The molecule has 1 aliphatic carbocycles. The van der Waals surface area contributed by atoms with E-state index in [9.17, 15) is 0 Å². The predicted molar refractivity (Wildman–Crippen MR) is 204 cm³/mol. The molecule has 0 aliphatic heterocycles. The van der Waals surface area contributed by atoms with Crippen LogP contribution in [0.2, 0.25) is 0 Å². The number of fused-ring (bicyclic) bond motifs is 14. The van der Waals surface area contributed by atoms with Crippen molar-refractivity contribution in [3.05, 3.63) is 158 Å². The normalized spacial score (nSPS) is 12.5. The zero-order valence-corrected chi connectivity index (χ0v) is 26.3. The Morgan fingerprint density at radius 2 is 1.06 bits per heavy atom. The van der Waals surface area contributed by atoms with E-state index in [-0.39, 0.29) is 0 Å². The number of para-hydroxylation sites is 3. The van der Waals surface area contributed by atoms with Crippen molar-refractivity contribution in [3.63, 3.8) is 0 Å². The van der Waals surface area contributed by atoms with Crippen molar-refractivity contribution in [1.82, 2.24) is 9.13 Å². The first-order valence-corrected chi connectivity index (χ1v) is 16.9. The van der Waals surface area contributed by atoms with Crippen molar-refractivity contribution in [2.45, 2.75) is 0 Å². The second-order valence-corrected chi connectivity index (χ2v) is 13.3. The molecule has 49 heavy (non-hydrogen) atoms. The van der Waals surface area contributed by atoms with E-state index in [1.165, 1.54) is 60.2 Å². The Bertz CT molecular complexity index is 3210. The van der Waals surface area contributed by atoms with E-state index in [0.29, 0.717) is 0 Å². The van der Waals surface area contributed by atoms with Gasteiger partial charge in [0.25, 0.3) is 0 Å². The molecule has 0 radical (unpaired) electrons. The highest BCUT2D eigenvalue weighted by atomic mass is 16.3. The van der Waals surface area contributed by atoms with Gasteiger partial charge in [0.2, 0.25) is 0 Å². The van der Waals surface area contributed by atoms with Crippen LogP contribution < -0.4 is 0 Å². The van der Waals surface area contributed by atoms with Crippen LogP contribution in [0.25, 0.3) is 110 Å². The molecule has 11 aromatic rings. The van der Waals surface area contributed by atoms with Gasteiger partial charge in [0.1, 0.15) is 11.2 Å². The predicted octanol–water partition coefficient (Wildman–Crippen LogP) is 12.6. The average molecular weight is 623 g/mol. The second-order valence-electron chi connectivity index (χ2n) is 13.3. The van der Waals surface area contributed by atoms with Crippen molar-refractivity contribution in [1.29, 1.82) is 0 Å². The monoisotopic (exact) mass is 622 g/mol. The van der Waals surface area contributed by atoms with E-state index in [0.717, 1.165) is 49.7 Å². The molecule has 3 heteroatoms. The van der Waals surface area contributed by atoms with E-state index in [1.54, 1.807) is 0 Å². The van der Waals surface area contributed by atoms with Crippen LogP contribution in [0.1, 0.15) is 0 Å². The van der Waals surface area contributed by atoms with Gasteiger partial charge in [0.05, 0.1) is 27.5 Å². The molecule has 0 saturated heterocycles. The topological polar surface area (TPSA) is 23.0 Å². The number of benzene rings is 8. The Balaban J connectivity index is 1.32. The first-order valence-electron chi connectivity index (χ1n) is 16.9. The van der Waals surface area contributed by atoms with Crippen LogP contribution in [0.15, 0.2) is 162 Å². The Hall–Kier alpha value is -6.58. The molecular formula is C46H26N2O. The van der Waals surface area contributed by atoms with Crippen molar-refractivity contribution >= 4 is 76.3 Å². The first-order chi connectivity index (χ1) is 24.3. The molecule has 0 atom stereocenters. The molecule has 8 aromatic carbocycles. The number of hydrogen-bond donors (Lipinski definition) is 0. The minimum absolute atomic E-state index is 0.908. The largest absolute Gasteiger partial charge is 0.455 e. The quantitative estimate of drug-likeness (QED) is 0.188. The summed E-state index contributed by atoms with van der Waals surface area (Å²) in [4.78, 5) is 0. The van der Waals surface area contributed by atoms with Gasteiger partial charge < -0.3 is 13.6 Å². The highest BCUT2D eigenvalue weighted by Crippen LogP contribution is 2.50. The van der Waals surface area contributed by atoms with E-state index in [4.69, 9.17) is 4.42 Å². The summed E-state index contributed by atoms with van der Waals surface area (Å²) in [5, 5.41) is 9.67. The summed E-state index contributed by atoms with van der Waals surface area (Å²) < 4.78 is 11.7. The summed E-state index contributed by atoms with van der Waals surface area (Å²) in [6.07, 6.45) is 0. The maximum absolute atomic E-state index is 6.81. The average Bonchev–Trinajstić information content (AvgIpc) is 3.89. The standard InChI is InChI=1S/C46H26N2O/c1-2-12-28(13-3-1)47-39-23-21-35-32-16-6-8-19-38(32)48(29-25-27-11-10-18-34-30-14-4-5-15-31(30)37(26-29)42(27)34)45(35)43(39)44-40(47)24-22-36-33-17-7-9-20-41(33)49-46(36)44/h1-26H. The van der Waals surface area contributed by atoms with Crippen LogP contribution in [0.5, 0.6) is 0 Å². The van der Waals surface area contributed by atoms with Gasteiger partial charge in [-0.3, -0.25) is 0 Å². The van der Waals surface area contributed by atoms with Gasteiger partial charge in [-0.05, 0) is 87.6 Å². The van der Waals surface area contributed by atoms with E-state index in [2.05, 4.69) is 167 Å². The molecule has 3 nitrogen and oxygen atoms in total. The van der Waals surface area contributed by atoms with Crippen molar-refractivity contribution < 1.29 is 4.42 Å². The molecule has 0 bridgehead atoms. The van der Waals surface area contributed by atoms with Crippen LogP contribution in [-0.4, -0.2) is 9.13 Å². The lowest BCUT2D eigenvalue weighted by Crippen LogP contribution is -1.96. The van der Waals surface area contributed by atoms with Crippen LogP contribution >= 0.6 is 0 Å². The van der Waals surface area contributed by atoms with Gasteiger partial charge in [-0.25, -0.2) is 0 Å². The maximum Gasteiger partial charge on any atom is 0.145 e. The molecule has 226 valence electrons. The summed E-state index contributed by atoms with van der Waals surface area (Å²) in [5.41, 5.74) is 14.0. The van der Waals surface area contributed by atoms with Gasteiger partial charge in [0, 0.05) is 38.3 Å². The van der Waals surface area contributed by atoms with Crippen LogP contribution in [-0.2, 0) is 0 Å². The Morgan fingerprint density at radius 1 is 0.367 bits per heavy atom. The Labute approximate surface area is 280 Å². The smallest absolute Gasteiger partial charge is 0.145 e. The molecule has 12 rings (SSSR count). The third kappa shape index (κ3) is 3.17. The van der Waals surface area contributed by atoms with Gasteiger partial charge in [-0.15, -0.1) is 0 Å². The van der Waals surface area contributed by atoms with Crippen molar-refractivity contribution in [2.75, 3.05) is 0 Å². The Morgan fingerprint density at radius 3 is 1.94 bits per heavy atom. The molecule has 3 heterocycles. The lowest BCUT2D eigenvalue weighted by atomic mass is 10.0. The van der Waals surface area contributed by atoms with E-state index < -0.39 is 0 Å². The number of nitrogens with zero attached hydrogens (tertiary/aromatic N) is 2. The number of hydrogen-bond acceptors (Lipinski definition) is 1. The molecule has 0 N–H and O–H groups in total. The fourth-order valence-corrected chi connectivity index (χ4v) is 8.87. The van der Waals surface area contributed by atoms with Gasteiger partial charge in [-0.1, -0.05) is 103 Å².